The molecular formula is C24H13F5S2. The summed E-state index contributed by atoms with van der Waals surface area (Å²) in [5, 5.41) is 1.02. The minimum Gasteiger partial charge on any atom is -0.203 e. The molecule has 0 bridgehead atoms. The number of hydrogen-bond donors (Lipinski definition) is 0. The van der Waals surface area contributed by atoms with Crippen LogP contribution in [0.25, 0.3) is 32.3 Å². The van der Waals surface area contributed by atoms with Gasteiger partial charge in [-0.05, 0) is 47.4 Å². The van der Waals surface area contributed by atoms with Crippen molar-refractivity contribution in [2.45, 2.75) is 24.2 Å². The molecule has 31 heavy (non-hydrogen) atoms. The number of rotatable bonds is 3. The van der Waals surface area contributed by atoms with Crippen molar-refractivity contribution in [3.05, 3.63) is 75.4 Å². The zero-order valence-corrected chi connectivity index (χ0v) is 17.6. The van der Waals surface area contributed by atoms with Crippen LogP contribution in [0.2, 0.25) is 0 Å². The molecule has 0 amide bonds. The highest BCUT2D eigenvalue weighted by Crippen LogP contribution is 2.57. The van der Waals surface area contributed by atoms with Gasteiger partial charge < -0.3 is 0 Å². The van der Waals surface area contributed by atoms with Gasteiger partial charge in [0.05, 0.1) is 0 Å². The second-order valence-corrected chi connectivity index (χ2v) is 9.98. The van der Waals surface area contributed by atoms with Gasteiger partial charge in [-0.15, -0.1) is 23.1 Å². The number of fused-ring (bicyclic) bond motifs is 8. The van der Waals surface area contributed by atoms with Crippen LogP contribution in [0.15, 0.2) is 35.2 Å². The molecule has 2 heterocycles. The van der Waals surface area contributed by atoms with Crippen LogP contribution in [0, 0.1) is 29.1 Å². The Labute approximate surface area is 182 Å². The van der Waals surface area contributed by atoms with Crippen LogP contribution in [0.3, 0.4) is 0 Å². The maximum atomic E-state index is 14.0. The molecule has 1 aromatic heterocycles. The number of hydrogen-bond acceptors (Lipinski definition) is 2. The van der Waals surface area contributed by atoms with Gasteiger partial charge in [0, 0.05) is 36.9 Å². The van der Waals surface area contributed by atoms with Crippen LogP contribution in [-0.2, 0) is 19.3 Å². The predicted octanol–water partition coefficient (Wildman–Crippen LogP) is 7.68. The van der Waals surface area contributed by atoms with Crippen molar-refractivity contribution in [2.24, 2.45) is 0 Å². The Bertz CT molecular complexity index is 1390. The molecule has 0 atom stereocenters. The fourth-order valence-corrected chi connectivity index (χ4v) is 7.00. The van der Waals surface area contributed by atoms with E-state index in [-0.39, 0.29) is 12.8 Å². The van der Waals surface area contributed by atoms with E-state index in [1.54, 1.807) is 0 Å². The molecule has 0 saturated carbocycles. The molecule has 0 fully saturated rings. The second-order valence-electron chi connectivity index (χ2n) is 7.74. The molecule has 0 N–H and O–H groups in total. The number of halogens is 5. The van der Waals surface area contributed by atoms with E-state index in [1.165, 1.54) is 44.0 Å². The Morgan fingerprint density at radius 3 is 2.19 bits per heavy atom. The van der Waals surface area contributed by atoms with E-state index >= 15 is 0 Å². The van der Waals surface area contributed by atoms with Gasteiger partial charge in [-0.1, -0.05) is 24.3 Å². The maximum absolute atomic E-state index is 14.0. The molecule has 0 radical (unpaired) electrons. The smallest absolute Gasteiger partial charge is 0.200 e. The van der Waals surface area contributed by atoms with Gasteiger partial charge >= 0.3 is 0 Å². The number of thiophene rings is 1. The van der Waals surface area contributed by atoms with E-state index in [0.29, 0.717) is 0 Å². The highest BCUT2D eigenvalue weighted by atomic mass is 32.2. The summed E-state index contributed by atoms with van der Waals surface area (Å²) in [6.07, 6.45) is 1.02. The summed E-state index contributed by atoms with van der Waals surface area (Å²) in [4.78, 5) is 2.21. The van der Waals surface area contributed by atoms with Crippen molar-refractivity contribution in [3.8, 4) is 22.3 Å². The molecule has 4 aromatic rings. The molecule has 0 saturated heterocycles. The zero-order chi connectivity index (χ0) is 21.4. The summed E-state index contributed by atoms with van der Waals surface area (Å²) in [5.74, 6) is -8.31. The Balaban J connectivity index is 1.35. The fraction of sp³-hybridized carbons (Fsp3) is 0.167. The Morgan fingerprint density at radius 1 is 0.742 bits per heavy atom. The largest absolute Gasteiger partial charge is 0.203 e. The van der Waals surface area contributed by atoms with E-state index in [0.717, 1.165) is 27.1 Å². The lowest BCUT2D eigenvalue weighted by Gasteiger charge is -2.27. The van der Waals surface area contributed by atoms with Gasteiger partial charge in [0.1, 0.15) is 0 Å². The van der Waals surface area contributed by atoms with Crippen LogP contribution < -0.4 is 0 Å². The molecule has 7 heteroatoms. The molecule has 3 aromatic carbocycles. The van der Waals surface area contributed by atoms with Crippen molar-refractivity contribution in [2.75, 3.05) is 5.75 Å². The standard InChI is InChI=1S/C24H13F5S2/c25-18-15(19(26)21(28)22(29)20(18)27)6-3-12-9-11-2-5-14-16-13(17(14)24(11)31-12)4-1-10-7-8-30-23(10)16/h1-2,4-5,9H,3,6-8H2. The summed E-state index contributed by atoms with van der Waals surface area (Å²) in [6.45, 7) is 0. The number of benzene rings is 3. The van der Waals surface area contributed by atoms with E-state index in [9.17, 15) is 22.0 Å². The molecule has 2 aliphatic rings. The molecule has 1 aliphatic carbocycles. The molecule has 1 aliphatic heterocycles. The van der Waals surface area contributed by atoms with Gasteiger partial charge in [0.15, 0.2) is 23.3 Å². The fourth-order valence-electron chi connectivity index (χ4n) is 4.54. The third kappa shape index (κ3) is 2.66. The molecule has 0 spiro atoms. The van der Waals surface area contributed by atoms with Gasteiger partial charge in [-0.2, -0.15) is 0 Å². The first-order chi connectivity index (χ1) is 15.0. The molecule has 6 rings (SSSR count). The Kier molecular flexibility index (Phi) is 4.24. The first kappa shape index (κ1) is 19.3. The quantitative estimate of drug-likeness (QED) is 0.151. The summed E-state index contributed by atoms with van der Waals surface area (Å²) >= 11 is 3.41. The van der Waals surface area contributed by atoms with Gasteiger partial charge in [0.2, 0.25) is 5.82 Å². The van der Waals surface area contributed by atoms with Gasteiger partial charge in [-0.3, -0.25) is 0 Å². The zero-order valence-electron chi connectivity index (χ0n) is 15.9. The van der Waals surface area contributed by atoms with Crippen LogP contribution in [-0.4, -0.2) is 5.75 Å². The van der Waals surface area contributed by atoms with E-state index in [4.69, 9.17) is 0 Å². The van der Waals surface area contributed by atoms with E-state index in [2.05, 4.69) is 18.2 Å². The van der Waals surface area contributed by atoms with Crippen LogP contribution >= 0.6 is 23.1 Å². The minimum atomic E-state index is -2.12. The van der Waals surface area contributed by atoms with Crippen molar-refractivity contribution >= 4 is 33.2 Å². The summed E-state index contributed by atoms with van der Waals surface area (Å²) in [7, 11) is 0. The third-order valence-corrected chi connectivity index (χ3v) is 8.45. The second kappa shape index (κ2) is 6.81. The third-order valence-electron chi connectivity index (χ3n) is 6.06. The minimum absolute atomic E-state index is 0.194. The monoisotopic (exact) mass is 460 g/mol. The van der Waals surface area contributed by atoms with Crippen molar-refractivity contribution in [3.63, 3.8) is 0 Å². The lowest BCUT2D eigenvalue weighted by atomic mass is 9.79. The Morgan fingerprint density at radius 2 is 1.42 bits per heavy atom. The summed E-state index contributed by atoms with van der Waals surface area (Å²) < 4.78 is 69.3. The number of thioether (sulfide) groups is 1. The highest BCUT2D eigenvalue weighted by Gasteiger charge is 2.31. The topological polar surface area (TPSA) is 0 Å². The van der Waals surface area contributed by atoms with Crippen LogP contribution in [0.1, 0.15) is 16.0 Å². The van der Waals surface area contributed by atoms with Crippen molar-refractivity contribution in [1.29, 1.82) is 0 Å². The average Bonchev–Trinajstić information content (AvgIpc) is 3.38. The number of aryl methyl sites for hydroxylation is 2. The van der Waals surface area contributed by atoms with Crippen molar-refractivity contribution < 1.29 is 22.0 Å². The van der Waals surface area contributed by atoms with E-state index < -0.39 is 34.6 Å². The summed E-state index contributed by atoms with van der Waals surface area (Å²) in [5.41, 5.74) is 5.58. The molecule has 0 nitrogen and oxygen atoms in total. The first-order valence-electron chi connectivity index (χ1n) is 9.81. The van der Waals surface area contributed by atoms with Gasteiger partial charge in [-0.25, -0.2) is 22.0 Å². The normalized spacial score (nSPS) is 13.8. The maximum Gasteiger partial charge on any atom is 0.200 e. The van der Waals surface area contributed by atoms with E-state index in [1.807, 2.05) is 23.9 Å². The average molecular weight is 460 g/mol. The SMILES string of the molecule is Fc1c(F)c(F)c(CCc2cc3ccc4c(c3s2)-c2ccc3c(c2-4)SCC3)c(F)c1F. The predicted molar refractivity (Wildman–Crippen MR) is 114 cm³/mol. The van der Waals surface area contributed by atoms with Crippen LogP contribution in [0.4, 0.5) is 22.0 Å². The van der Waals surface area contributed by atoms with Gasteiger partial charge in [0.25, 0.3) is 0 Å². The first-order valence-corrected chi connectivity index (χ1v) is 11.6. The summed E-state index contributed by atoms with van der Waals surface area (Å²) in [6, 6.07) is 10.4. The molecule has 0 unspecified atom stereocenters. The lowest BCUT2D eigenvalue weighted by molar-refractivity contribution is 0.370. The Hall–Kier alpha value is -2.38. The van der Waals surface area contributed by atoms with Crippen LogP contribution in [0.5, 0.6) is 0 Å². The highest BCUT2D eigenvalue weighted by molar-refractivity contribution is 7.99. The molecule has 156 valence electrons. The lowest BCUT2D eigenvalue weighted by Crippen LogP contribution is -2.08. The molecular weight excluding hydrogens is 447 g/mol. The van der Waals surface area contributed by atoms with Crippen molar-refractivity contribution in [1.82, 2.24) is 0 Å².